The van der Waals surface area contributed by atoms with Crippen LogP contribution in [0.25, 0.3) is 10.2 Å². The highest BCUT2D eigenvalue weighted by atomic mass is 35.5. The third-order valence-corrected chi connectivity index (χ3v) is 6.00. The molecule has 32 heavy (non-hydrogen) atoms. The molecule has 0 unspecified atom stereocenters. The van der Waals surface area contributed by atoms with E-state index in [9.17, 15) is 14.4 Å². The molecule has 0 aliphatic heterocycles. The number of nitriles is 1. The largest absolute Gasteiger partial charge is 0.346 e. The van der Waals surface area contributed by atoms with E-state index in [-0.39, 0.29) is 30.4 Å². The molecule has 10 heteroatoms. The number of amides is 3. The second kappa shape index (κ2) is 11.5. The lowest BCUT2D eigenvalue weighted by Crippen LogP contribution is -2.42. The number of hydrogen-bond donors (Lipinski definition) is 2. The molecule has 2 N–H and O–H groups in total. The van der Waals surface area contributed by atoms with Crippen LogP contribution in [0.5, 0.6) is 0 Å². The number of aliphatic imine (C=N–C) groups is 1. The van der Waals surface area contributed by atoms with E-state index in [4.69, 9.17) is 16.9 Å². The molecule has 2 aromatic rings. The summed E-state index contributed by atoms with van der Waals surface area (Å²) in [5, 5.41) is 15.2. The lowest BCUT2D eigenvalue weighted by molar-refractivity contribution is -0.126. The maximum atomic E-state index is 13.0. The van der Waals surface area contributed by atoms with Crippen molar-refractivity contribution in [2.45, 2.75) is 39.7 Å². The lowest BCUT2D eigenvalue weighted by atomic mass is 10.0. The Morgan fingerprint density at radius 3 is 2.72 bits per heavy atom. The molecule has 0 bridgehead atoms. The van der Waals surface area contributed by atoms with Gasteiger partial charge in [-0.3, -0.25) is 14.4 Å². The van der Waals surface area contributed by atoms with Crippen molar-refractivity contribution >= 4 is 56.6 Å². The SMILES string of the molecule is C=C(C#N)C(=O)NCC(=NC(=O)[C@H](Cc1nc2ccc(Cl)cc2s1)NC(C)=O)[C@@H](C)CC. The Hall–Kier alpha value is -3.09. The number of benzene rings is 1. The zero-order valence-corrected chi connectivity index (χ0v) is 19.6. The molecule has 3 amide bonds. The van der Waals surface area contributed by atoms with Crippen molar-refractivity contribution in [2.24, 2.45) is 10.9 Å². The molecule has 8 nitrogen and oxygen atoms in total. The molecule has 0 saturated carbocycles. The lowest BCUT2D eigenvalue weighted by Gasteiger charge is -2.17. The van der Waals surface area contributed by atoms with Gasteiger partial charge in [-0.15, -0.1) is 11.3 Å². The third kappa shape index (κ3) is 6.97. The first-order valence-corrected chi connectivity index (χ1v) is 11.1. The van der Waals surface area contributed by atoms with Crippen LogP contribution in [0.3, 0.4) is 0 Å². The average Bonchev–Trinajstić information content (AvgIpc) is 3.15. The van der Waals surface area contributed by atoms with Gasteiger partial charge in [0, 0.05) is 24.1 Å². The van der Waals surface area contributed by atoms with E-state index in [0.29, 0.717) is 22.2 Å². The summed E-state index contributed by atoms with van der Waals surface area (Å²) < 4.78 is 0.880. The monoisotopic (exact) mass is 473 g/mol. The van der Waals surface area contributed by atoms with Crippen LogP contribution in [-0.2, 0) is 20.8 Å². The molecule has 168 valence electrons. The summed E-state index contributed by atoms with van der Waals surface area (Å²) in [6, 6.07) is 6.10. The summed E-state index contributed by atoms with van der Waals surface area (Å²) in [6.45, 7) is 8.49. The van der Waals surface area contributed by atoms with Crippen LogP contribution in [-0.4, -0.2) is 41.0 Å². The van der Waals surface area contributed by atoms with Crippen LogP contribution in [0.2, 0.25) is 5.02 Å². The zero-order chi connectivity index (χ0) is 23.8. The summed E-state index contributed by atoms with van der Waals surface area (Å²) in [5.74, 6) is -1.63. The second-order valence-corrected chi connectivity index (χ2v) is 8.75. The molecule has 0 fully saturated rings. The summed E-state index contributed by atoms with van der Waals surface area (Å²) in [4.78, 5) is 45.3. The van der Waals surface area contributed by atoms with Gasteiger partial charge in [-0.25, -0.2) is 9.98 Å². The van der Waals surface area contributed by atoms with Gasteiger partial charge in [-0.05, 0) is 30.5 Å². The van der Waals surface area contributed by atoms with E-state index in [2.05, 4.69) is 27.2 Å². The van der Waals surface area contributed by atoms with E-state index < -0.39 is 17.9 Å². The number of carbonyl (C=O) groups excluding carboxylic acids is 3. The van der Waals surface area contributed by atoms with Gasteiger partial charge in [0.25, 0.3) is 11.8 Å². The van der Waals surface area contributed by atoms with Gasteiger partial charge in [0.1, 0.15) is 17.7 Å². The van der Waals surface area contributed by atoms with Crippen molar-refractivity contribution in [2.75, 3.05) is 6.54 Å². The van der Waals surface area contributed by atoms with Crippen LogP contribution in [0.1, 0.15) is 32.2 Å². The number of fused-ring (bicyclic) bond motifs is 1. The number of thiazole rings is 1. The van der Waals surface area contributed by atoms with E-state index in [1.54, 1.807) is 24.3 Å². The first-order valence-electron chi connectivity index (χ1n) is 9.95. The number of carbonyl (C=O) groups is 3. The standard InChI is InChI=1S/C22H24ClN5O3S/c1-5-12(2)18(11-25-21(30)13(3)10-24)28-22(31)17(26-14(4)29)9-20-27-16-7-6-15(23)8-19(16)32-20/h6-8,12,17H,3,5,9,11H2,1-2,4H3,(H,25,30)(H,26,29)/t12-,17-/m0/s1. The summed E-state index contributed by atoms with van der Waals surface area (Å²) in [5.41, 5.74) is 0.975. The van der Waals surface area contributed by atoms with Crippen LogP contribution in [0.4, 0.5) is 0 Å². The van der Waals surface area contributed by atoms with Gasteiger partial charge in [0.05, 0.1) is 21.8 Å². The topological polar surface area (TPSA) is 124 Å². The Bertz CT molecular complexity index is 1120. The van der Waals surface area contributed by atoms with Crippen LogP contribution in [0.15, 0.2) is 35.3 Å². The zero-order valence-electron chi connectivity index (χ0n) is 18.1. The van der Waals surface area contributed by atoms with Crippen molar-refractivity contribution in [3.8, 4) is 6.07 Å². The fourth-order valence-electron chi connectivity index (χ4n) is 2.76. The molecule has 0 radical (unpaired) electrons. The minimum Gasteiger partial charge on any atom is -0.346 e. The number of rotatable bonds is 9. The highest BCUT2D eigenvalue weighted by molar-refractivity contribution is 7.18. The normalized spacial score (nSPS) is 13.2. The van der Waals surface area contributed by atoms with Gasteiger partial charge in [-0.1, -0.05) is 32.0 Å². The van der Waals surface area contributed by atoms with E-state index >= 15 is 0 Å². The maximum absolute atomic E-state index is 13.0. The minimum absolute atomic E-state index is 0.00723. The van der Waals surface area contributed by atoms with E-state index in [1.807, 2.05) is 13.8 Å². The number of hydrogen-bond acceptors (Lipinski definition) is 6. The Kier molecular flexibility index (Phi) is 9.05. The molecule has 2 rings (SSSR count). The molecule has 0 aliphatic rings. The van der Waals surface area contributed by atoms with Gasteiger partial charge in [-0.2, -0.15) is 5.26 Å². The molecular weight excluding hydrogens is 450 g/mol. The molecule has 0 spiro atoms. The number of nitrogens with zero attached hydrogens (tertiary/aromatic N) is 3. The van der Waals surface area contributed by atoms with E-state index in [0.717, 1.165) is 10.2 Å². The van der Waals surface area contributed by atoms with Crippen LogP contribution >= 0.6 is 22.9 Å². The predicted octanol–water partition coefficient (Wildman–Crippen LogP) is 3.21. The maximum Gasteiger partial charge on any atom is 0.268 e. The van der Waals surface area contributed by atoms with Crippen molar-refractivity contribution in [1.82, 2.24) is 15.6 Å². The third-order valence-electron chi connectivity index (χ3n) is 4.72. The molecule has 1 aromatic carbocycles. The van der Waals surface area contributed by atoms with Gasteiger partial charge < -0.3 is 10.6 Å². The first kappa shape index (κ1) is 25.2. The molecule has 2 atom stereocenters. The number of nitrogens with one attached hydrogen (secondary N) is 2. The minimum atomic E-state index is -0.910. The van der Waals surface area contributed by atoms with Gasteiger partial charge >= 0.3 is 0 Å². The molecule has 0 saturated heterocycles. The van der Waals surface area contributed by atoms with Crippen molar-refractivity contribution in [3.63, 3.8) is 0 Å². The second-order valence-electron chi connectivity index (χ2n) is 7.20. The van der Waals surface area contributed by atoms with Crippen molar-refractivity contribution < 1.29 is 14.4 Å². The molecular formula is C22H24ClN5O3S. The number of halogens is 1. The van der Waals surface area contributed by atoms with Crippen LogP contribution < -0.4 is 10.6 Å². The van der Waals surface area contributed by atoms with Crippen molar-refractivity contribution in [3.05, 3.63) is 40.4 Å². The van der Waals surface area contributed by atoms with Gasteiger partial charge in [0.2, 0.25) is 5.91 Å². The Morgan fingerprint density at radius 2 is 2.09 bits per heavy atom. The van der Waals surface area contributed by atoms with Crippen molar-refractivity contribution in [1.29, 1.82) is 5.26 Å². The quantitative estimate of drug-likeness (QED) is 0.328. The first-order chi connectivity index (χ1) is 15.1. The van der Waals surface area contributed by atoms with E-state index in [1.165, 1.54) is 18.3 Å². The highest BCUT2D eigenvalue weighted by Gasteiger charge is 2.23. The van der Waals surface area contributed by atoms with Crippen LogP contribution in [0, 0.1) is 17.2 Å². The molecule has 1 heterocycles. The average molecular weight is 474 g/mol. The Morgan fingerprint density at radius 1 is 1.38 bits per heavy atom. The summed E-state index contributed by atoms with van der Waals surface area (Å²) in [6.07, 6.45) is 0.856. The summed E-state index contributed by atoms with van der Waals surface area (Å²) in [7, 11) is 0. The van der Waals surface area contributed by atoms with Gasteiger partial charge in [0.15, 0.2) is 0 Å². The predicted molar refractivity (Wildman–Crippen MR) is 126 cm³/mol. The molecule has 1 aromatic heterocycles. The fraction of sp³-hybridized carbons (Fsp3) is 0.364. The highest BCUT2D eigenvalue weighted by Crippen LogP contribution is 2.26. The molecule has 0 aliphatic carbocycles. The fourth-order valence-corrected chi connectivity index (χ4v) is 4.05. The Balaban J connectivity index is 2.26. The number of aromatic nitrogens is 1. The Labute approximate surface area is 195 Å². The smallest absolute Gasteiger partial charge is 0.268 e. The summed E-state index contributed by atoms with van der Waals surface area (Å²) >= 11 is 7.42.